The summed E-state index contributed by atoms with van der Waals surface area (Å²) in [6.07, 6.45) is 0.352. The van der Waals surface area contributed by atoms with Gasteiger partial charge in [0.1, 0.15) is 5.03 Å². The summed E-state index contributed by atoms with van der Waals surface area (Å²) in [5.41, 5.74) is 3.35. The first-order chi connectivity index (χ1) is 8.04. The van der Waals surface area contributed by atoms with Crippen molar-refractivity contribution in [2.45, 2.75) is 11.2 Å². The van der Waals surface area contributed by atoms with Crippen LogP contribution in [0.1, 0.15) is 11.1 Å². The molecule has 2 aliphatic rings. The average Bonchev–Trinajstić information content (AvgIpc) is 2.27. The Hall–Kier alpha value is -1.20. The zero-order chi connectivity index (χ0) is 12.2. The smallest absolute Gasteiger partial charge is 0.326 e. The minimum absolute atomic E-state index is 0.352. The molecule has 0 saturated heterocycles. The molecule has 3 nitrogen and oxygen atoms in total. The van der Waals surface area contributed by atoms with Crippen molar-refractivity contribution < 1.29 is 9.90 Å². The molecule has 0 spiro atoms. The summed E-state index contributed by atoms with van der Waals surface area (Å²) in [5, 5.41) is 9.92. The monoisotopic (exact) mass is 263 g/mol. The Kier molecular flexibility index (Phi) is 2.18. The molecule has 1 aromatic rings. The van der Waals surface area contributed by atoms with E-state index >= 15 is 0 Å². The standard InChI is InChI=1S/C12H9NO2S2/c14-11(15)12(17)5-6-3-1-2-4-7(6)8-9(12)13-10(8)16/h1-4,17H,5H2,(H,13,16)(H,14,15). The van der Waals surface area contributed by atoms with Gasteiger partial charge in [0.2, 0.25) is 0 Å². The molecule has 1 atom stereocenters. The number of rotatable bonds is 1. The number of benzene rings is 1. The maximum absolute atomic E-state index is 11.4. The Balaban J connectivity index is 2.23. The van der Waals surface area contributed by atoms with Gasteiger partial charge in [0.05, 0.1) is 5.71 Å². The van der Waals surface area contributed by atoms with Crippen molar-refractivity contribution in [1.82, 2.24) is 0 Å². The second-order valence-electron chi connectivity index (χ2n) is 4.16. The van der Waals surface area contributed by atoms with Crippen LogP contribution in [0.2, 0.25) is 0 Å². The van der Waals surface area contributed by atoms with Crippen molar-refractivity contribution in [2.75, 3.05) is 0 Å². The Labute approximate surface area is 109 Å². The number of hydrogen-bond acceptors (Lipinski definition) is 4. The zero-order valence-electron chi connectivity index (χ0n) is 8.71. The topological polar surface area (TPSA) is 49.7 Å². The van der Waals surface area contributed by atoms with Gasteiger partial charge in [-0.3, -0.25) is 4.79 Å². The third kappa shape index (κ3) is 1.32. The van der Waals surface area contributed by atoms with Gasteiger partial charge in [0.25, 0.3) is 0 Å². The fourth-order valence-corrected chi connectivity index (χ4v) is 2.93. The molecular formula is C12H9NO2S2. The highest BCUT2D eigenvalue weighted by Gasteiger charge is 2.49. The van der Waals surface area contributed by atoms with Gasteiger partial charge in [0, 0.05) is 12.0 Å². The molecule has 17 heavy (non-hydrogen) atoms. The summed E-state index contributed by atoms with van der Waals surface area (Å²) in [4.78, 5) is 15.5. The maximum atomic E-state index is 11.4. The van der Waals surface area contributed by atoms with E-state index in [1.54, 1.807) is 0 Å². The number of thiol groups is 2. The second kappa shape index (κ2) is 3.40. The number of nitrogens with zero attached hydrogens (tertiary/aromatic N) is 1. The lowest BCUT2D eigenvalue weighted by molar-refractivity contribution is -0.137. The molecule has 1 aliphatic carbocycles. The molecule has 0 fully saturated rings. The van der Waals surface area contributed by atoms with Gasteiger partial charge in [-0.25, -0.2) is 4.99 Å². The quantitative estimate of drug-likeness (QED) is 0.679. The first-order valence-corrected chi connectivity index (χ1v) is 6.00. The van der Waals surface area contributed by atoms with Crippen molar-refractivity contribution in [3.05, 3.63) is 40.4 Å². The summed E-state index contributed by atoms with van der Waals surface area (Å²) in [5.74, 6) is -0.965. The Morgan fingerprint density at radius 1 is 1.41 bits per heavy atom. The molecule has 0 aromatic heterocycles. The van der Waals surface area contributed by atoms with Crippen molar-refractivity contribution >= 4 is 42.5 Å². The largest absolute Gasteiger partial charge is 0.480 e. The van der Waals surface area contributed by atoms with Crippen LogP contribution in [0.4, 0.5) is 0 Å². The van der Waals surface area contributed by atoms with Gasteiger partial charge in [-0.05, 0) is 11.1 Å². The van der Waals surface area contributed by atoms with Gasteiger partial charge in [0.15, 0.2) is 4.75 Å². The summed E-state index contributed by atoms with van der Waals surface area (Å²) in [7, 11) is 0. The highest BCUT2D eigenvalue weighted by atomic mass is 32.1. The number of carbonyl (C=O) groups is 1. The molecule has 0 saturated carbocycles. The van der Waals surface area contributed by atoms with E-state index in [1.165, 1.54) is 0 Å². The van der Waals surface area contributed by atoms with Crippen LogP contribution in [0.25, 0.3) is 5.57 Å². The summed E-state index contributed by atoms with van der Waals surface area (Å²) in [6, 6.07) is 7.71. The number of fused-ring (bicyclic) bond motifs is 3. The van der Waals surface area contributed by atoms with Gasteiger partial charge < -0.3 is 5.11 Å². The van der Waals surface area contributed by atoms with E-state index in [1.807, 2.05) is 24.3 Å². The van der Waals surface area contributed by atoms with Crippen molar-refractivity contribution in [3.8, 4) is 0 Å². The van der Waals surface area contributed by atoms with E-state index in [9.17, 15) is 9.90 Å². The molecule has 0 radical (unpaired) electrons. The van der Waals surface area contributed by atoms with Crippen LogP contribution in [0, 0.1) is 0 Å². The van der Waals surface area contributed by atoms with E-state index in [-0.39, 0.29) is 0 Å². The first kappa shape index (κ1) is 10.9. The Bertz CT molecular complexity index is 606. The number of aliphatic imine (C=N–C) groups is 1. The molecule has 5 heteroatoms. The van der Waals surface area contributed by atoms with Gasteiger partial charge in [-0.15, -0.1) is 12.6 Å². The highest BCUT2D eigenvalue weighted by Crippen LogP contribution is 2.45. The predicted molar refractivity (Wildman–Crippen MR) is 72.8 cm³/mol. The van der Waals surface area contributed by atoms with E-state index < -0.39 is 10.7 Å². The molecular weight excluding hydrogens is 254 g/mol. The van der Waals surface area contributed by atoms with Crippen LogP contribution in [0.3, 0.4) is 0 Å². The SMILES string of the molecule is O=C(O)C1(S)Cc2ccccc2C2=C(S)N=C21. The maximum Gasteiger partial charge on any atom is 0.326 e. The molecule has 1 unspecified atom stereocenters. The van der Waals surface area contributed by atoms with Crippen molar-refractivity contribution in [2.24, 2.45) is 4.99 Å². The van der Waals surface area contributed by atoms with Gasteiger partial charge in [-0.1, -0.05) is 24.3 Å². The van der Waals surface area contributed by atoms with Crippen LogP contribution < -0.4 is 0 Å². The molecule has 86 valence electrons. The zero-order valence-corrected chi connectivity index (χ0v) is 10.5. The third-order valence-corrected chi connectivity index (χ3v) is 4.04. The lowest BCUT2D eigenvalue weighted by atomic mass is 9.76. The summed E-state index contributed by atoms with van der Waals surface area (Å²) in [6.45, 7) is 0. The lowest BCUT2D eigenvalue weighted by Crippen LogP contribution is -2.49. The van der Waals surface area contributed by atoms with E-state index in [0.29, 0.717) is 17.2 Å². The average molecular weight is 263 g/mol. The lowest BCUT2D eigenvalue weighted by Gasteiger charge is -2.37. The molecule has 0 bridgehead atoms. The number of aliphatic carboxylic acids is 1. The number of carboxylic acids is 1. The minimum Gasteiger partial charge on any atom is -0.480 e. The second-order valence-corrected chi connectivity index (χ2v) is 5.35. The number of hydrogen-bond donors (Lipinski definition) is 3. The van der Waals surface area contributed by atoms with E-state index in [2.05, 4.69) is 30.2 Å². The minimum atomic E-state index is -1.23. The molecule has 1 aliphatic heterocycles. The van der Waals surface area contributed by atoms with Crippen LogP contribution in [-0.2, 0) is 11.2 Å². The van der Waals surface area contributed by atoms with Gasteiger partial charge >= 0.3 is 5.97 Å². The first-order valence-electron chi connectivity index (χ1n) is 5.11. The fraction of sp³-hybridized carbons (Fsp3) is 0.167. The fourth-order valence-electron chi connectivity index (χ4n) is 2.27. The van der Waals surface area contributed by atoms with E-state index in [0.717, 1.165) is 16.7 Å². The van der Waals surface area contributed by atoms with Gasteiger partial charge in [-0.2, -0.15) is 12.6 Å². The van der Waals surface area contributed by atoms with Crippen LogP contribution in [0.5, 0.6) is 0 Å². The molecule has 1 N–H and O–H groups in total. The van der Waals surface area contributed by atoms with Crippen molar-refractivity contribution in [1.29, 1.82) is 0 Å². The summed E-state index contributed by atoms with van der Waals surface area (Å²) < 4.78 is -1.23. The van der Waals surface area contributed by atoms with Crippen LogP contribution >= 0.6 is 25.3 Å². The molecule has 0 amide bonds. The molecule has 1 aromatic carbocycles. The predicted octanol–water partition coefficient (Wildman–Crippen LogP) is 2.05. The van der Waals surface area contributed by atoms with E-state index in [4.69, 9.17) is 0 Å². The van der Waals surface area contributed by atoms with Crippen molar-refractivity contribution in [3.63, 3.8) is 0 Å². The number of carboxylic acid groups (broad SMARTS) is 1. The normalized spacial score (nSPS) is 25.6. The van der Waals surface area contributed by atoms with Crippen LogP contribution in [-0.4, -0.2) is 21.5 Å². The Morgan fingerprint density at radius 3 is 2.76 bits per heavy atom. The third-order valence-electron chi connectivity index (χ3n) is 3.16. The Morgan fingerprint density at radius 2 is 2.12 bits per heavy atom. The number of allylic oxidation sites excluding steroid dienone is 1. The highest BCUT2D eigenvalue weighted by molar-refractivity contribution is 7.85. The summed E-state index contributed by atoms with van der Waals surface area (Å²) >= 11 is 8.56. The molecule has 1 heterocycles. The van der Waals surface area contributed by atoms with Crippen LogP contribution in [0.15, 0.2) is 34.3 Å². The molecule has 3 rings (SSSR count).